The number of piperidine rings is 1. The second kappa shape index (κ2) is 8.11. The molecule has 3 aliphatic heterocycles. The van der Waals surface area contributed by atoms with Crippen LogP contribution in [0.4, 0.5) is 5.69 Å². The van der Waals surface area contributed by atoms with Crippen LogP contribution >= 0.6 is 0 Å². The van der Waals surface area contributed by atoms with Crippen molar-refractivity contribution in [3.8, 4) is 0 Å². The van der Waals surface area contributed by atoms with E-state index < -0.39 is 6.04 Å². The number of carbonyl (C=O) groups excluding carboxylic acids is 1. The van der Waals surface area contributed by atoms with Gasteiger partial charge in [0.25, 0.3) is 5.56 Å². The fourth-order valence-corrected chi connectivity index (χ4v) is 5.61. The van der Waals surface area contributed by atoms with Gasteiger partial charge in [0.1, 0.15) is 6.04 Å². The molecule has 0 aromatic carbocycles. The Morgan fingerprint density at radius 3 is 2.71 bits per heavy atom. The number of rotatable bonds is 2. The minimum absolute atomic E-state index is 0.0624. The summed E-state index contributed by atoms with van der Waals surface area (Å²) in [6, 6.07) is 9.23. The molecule has 2 fully saturated rings. The summed E-state index contributed by atoms with van der Waals surface area (Å²) in [5.74, 6) is 0.391. The normalized spacial score (nSPS) is 25.7. The highest BCUT2D eigenvalue weighted by atomic mass is 16.5. The van der Waals surface area contributed by atoms with Crippen molar-refractivity contribution in [2.45, 2.75) is 38.6 Å². The Labute approximate surface area is 182 Å². The highest BCUT2D eigenvalue weighted by molar-refractivity contribution is 5.81. The van der Waals surface area contributed by atoms with Gasteiger partial charge in [-0.15, -0.1) is 0 Å². The van der Waals surface area contributed by atoms with E-state index in [1.807, 2.05) is 30.9 Å². The first kappa shape index (κ1) is 20.2. The van der Waals surface area contributed by atoms with Gasteiger partial charge >= 0.3 is 0 Å². The summed E-state index contributed by atoms with van der Waals surface area (Å²) in [6.07, 6.45) is 1.77. The molecule has 5 rings (SSSR count). The van der Waals surface area contributed by atoms with E-state index in [-0.39, 0.29) is 23.3 Å². The summed E-state index contributed by atoms with van der Waals surface area (Å²) in [5, 5.41) is 0. The van der Waals surface area contributed by atoms with E-state index in [0.29, 0.717) is 26.3 Å². The molecular weight excluding hydrogens is 392 g/mol. The molecule has 5 heterocycles. The quantitative estimate of drug-likeness (QED) is 0.743. The van der Waals surface area contributed by atoms with Crippen molar-refractivity contribution < 1.29 is 9.53 Å². The number of nitrogens with zero attached hydrogens (tertiary/aromatic N) is 4. The summed E-state index contributed by atoms with van der Waals surface area (Å²) in [5.41, 5.74) is 4.07. The Hall–Kier alpha value is -2.67. The number of anilines is 1. The number of aromatic nitrogens is 2. The summed E-state index contributed by atoms with van der Waals surface area (Å²) >= 11 is 0. The number of amides is 1. The highest BCUT2D eigenvalue weighted by Gasteiger charge is 2.45. The molecule has 164 valence electrons. The number of pyridine rings is 2. The Balaban J connectivity index is 1.54. The first-order chi connectivity index (χ1) is 15.0. The Bertz CT molecular complexity index is 1020. The number of fused-ring (bicyclic) bond motifs is 4. The zero-order valence-corrected chi connectivity index (χ0v) is 18.3. The maximum absolute atomic E-state index is 13.8. The van der Waals surface area contributed by atoms with Crippen LogP contribution in [0.5, 0.6) is 0 Å². The lowest BCUT2D eigenvalue weighted by molar-refractivity contribution is -0.137. The second-order valence-corrected chi connectivity index (χ2v) is 9.10. The van der Waals surface area contributed by atoms with Gasteiger partial charge in [0, 0.05) is 73.5 Å². The predicted molar refractivity (Wildman–Crippen MR) is 119 cm³/mol. The molecule has 0 saturated carbocycles. The molecule has 0 aliphatic carbocycles. The van der Waals surface area contributed by atoms with E-state index in [0.717, 1.165) is 48.7 Å². The molecule has 7 nitrogen and oxygen atoms in total. The summed E-state index contributed by atoms with van der Waals surface area (Å²) in [6.45, 7) is 8.18. The van der Waals surface area contributed by atoms with Crippen molar-refractivity contribution >= 4 is 11.6 Å². The molecule has 1 amide bonds. The number of carbonyl (C=O) groups is 1. The van der Waals surface area contributed by atoms with Gasteiger partial charge in [0.15, 0.2) is 0 Å². The maximum atomic E-state index is 13.8. The van der Waals surface area contributed by atoms with Gasteiger partial charge in [0.2, 0.25) is 5.91 Å². The van der Waals surface area contributed by atoms with Gasteiger partial charge in [-0.05, 0) is 44.9 Å². The smallest absolute Gasteiger partial charge is 0.251 e. The van der Waals surface area contributed by atoms with Gasteiger partial charge in [-0.25, -0.2) is 0 Å². The second-order valence-electron chi connectivity index (χ2n) is 9.10. The van der Waals surface area contributed by atoms with Crippen LogP contribution in [-0.4, -0.2) is 59.8 Å². The van der Waals surface area contributed by atoms with Crippen molar-refractivity contribution in [2.24, 2.45) is 5.92 Å². The van der Waals surface area contributed by atoms with Gasteiger partial charge < -0.3 is 14.5 Å². The van der Waals surface area contributed by atoms with Gasteiger partial charge in [-0.3, -0.25) is 19.1 Å². The number of hydrogen-bond donors (Lipinski definition) is 0. The lowest BCUT2D eigenvalue weighted by Gasteiger charge is -2.48. The molecule has 2 saturated heterocycles. The standard InChI is InChI=1S/C24H30N4O3/c1-16-11-20(12-17(2)25-16)27-14-18-13-19(15-27)23(28-21(18)5-3-6-22(28)29)24(30)26-7-4-9-31-10-8-26/h3,5-6,11-12,18-19,23H,4,7-10,13-15H2,1-2H3/t18-,19+,23+/m0/s1. The first-order valence-electron chi connectivity index (χ1n) is 11.3. The van der Waals surface area contributed by atoms with Crippen LogP contribution in [0.2, 0.25) is 0 Å². The predicted octanol–water partition coefficient (Wildman–Crippen LogP) is 2.27. The maximum Gasteiger partial charge on any atom is 0.251 e. The first-order valence-corrected chi connectivity index (χ1v) is 11.3. The van der Waals surface area contributed by atoms with Crippen molar-refractivity contribution in [2.75, 3.05) is 44.3 Å². The Morgan fingerprint density at radius 2 is 1.90 bits per heavy atom. The van der Waals surface area contributed by atoms with Gasteiger partial charge in [0.05, 0.1) is 6.61 Å². The molecule has 2 bridgehead atoms. The van der Waals surface area contributed by atoms with Crippen molar-refractivity contribution in [1.82, 2.24) is 14.5 Å². The van der Waals surface area contributed by atoms with E-state index in [1.165, 1.54) is 0 Å². The fourth-order valence-electron chi connectivity index (χ4n) is 5.61. The summed E-state index contributed by atoms with van der Waals surface area (Å²) < 4.78 is 7.36. The minimum Gasteiger partial charge on any atom is -0.380 e. The van der Waals surface area contributed by atoms with E-state index in [2.05, 4.69) is 22.0 Å². The molecule has 0 unspecified atom stereocenters. The monoisotopic (exact) mass is 422 g/mol. The zero-order valence-electron chi connectivity index (χ0n) is 18.3. The molecule has 2 aromatic heterocycles. The molecule has 0 spiro atoms. The number of aryl methyl sites for hydroxylation is 2. The minimum atomic E-state index is -0.454. The Morgan fingerprint density at radius 1 is 1.10 bits per heavy atom. The fraction of sp³-hybridized carbons (Fsp3) is 0.542. The molecule has 2 aromatic rings. The van der Waals surface area contributed by atoms with Crippen molar-refractivity contribution in [1.29, 1.82) is 0 Å². The molecule has 3 atom stereocenters. The molecular formula is C24H30N4O3. The van der Waals surface area contributed by atoms with E-state index >= 15 is 0 Å². The SMILES string of the molecule is Cc1cc(N2C[C@@H]3C[C@H](C2)[C@H](C(=O)N2CCCOCC2)n2c3cccc2=O)cc(C)n1. The number of hydrogen-bond acceptors (Lipinski definition) is 5. The molecule has 0 N–H and O–H groups in total. The van der Waals surface area contributed by atoms with Crippen LogP contribution in [0.3, 0.4) is 0 Å². The number of ether oxygens (including phenoxy) is 1. The third kappa shape index (κ3) is 3.76. The van der Waals surface area contributed by atoms with Crippen LogP contribution < -0.4 is 10.5 Å². The lowest BCUT2D eigenvalue weighted by atomic mass is 9.77. The molecule has 7 heteroatoms. The van der Waals surface area contributed by atoms with Crippen LogP contribution in [0.1, 0.15) is 41.9 Å². The van der Waals surface area contributed by atoms with Crippen LogP contribution in [0.25, 0.3) is 0 Å². The van der Waals surface area contributed by atoms with Crippen LogP contribution in [0.15, 0.2) is 35.1 Å². The van der Waals surface area contributed by atoms with E-state index in [4.69, 9.17) is 4.74 Å². The van der Waals surface area contributed by atoms with Crippen molar-refractivity contribution in [3.63, 3.8) is 0 Å². The van der Waals surface area contributed by atoms with Gasteiger partial charge in [-0.2, -0.15) is 0 Å². The molecule has 0 radical (unpaired) electrons. The lowest BCUT2D eigenvalue weighted by Crippen LogP contribution is -2.54. The average molecular weight is 423 g/mol. The third-order valence-electron chi connectivity index (χ3n) is 6.87. The summed E-state index contributed by atoms with van der Waals surface area (Å²) in [7, 11) is 0. The topological polar surface area (TPSA) is 67.7 Å². The molecule has 31 heavy (non-hydrogen) atoms. The van der Waals surface area contributed by atoms with Crippen molar-refractivity contribution in [3.05, 3.63) is 57.8 Å². The highest BCUT2D eigenvalue weighted by Crippen LogP contribution is 2.43. The largest absolute Gasteiger partial charge is 0.380 e. The molecule has 3 aliphatic rings. The van der Waals surface area contributed by atoms with E-state index in [1.54, 1.807) is 10.6 Å². The van der Waals surface area contributed by atoms with Gasteiger partial charge in [-0.1, -0.05) is 6.07 Å². The Kier molecular flexibility index (Phi) is 5.30. The summed E-state index contributed by atoms with van der Waals surface area (Å²) in [4.78, 5) is 35.5. The zero-order chi connectivity index (χ0) is 21.5. The van der Waals surface area contributed by atoms with Crippen LogP contribution in [0, 0.1) is 19.8 Å². The van der Waals surface area contributed by atoms with Crippen LogP contribution in [-0.2, 0) is 9.53 Å². The third-order valence-corrected chi connectivity index (χ3v) is 6.87. The van der Waals surface area contributed by atoms with E-state index in [9.17, 15) is 9.59 Å². The average Bonchev–Trinajstić information content (AvgIpc) is 3.03.